The van der Waals surface area contributed by atoms with Crippen molar-refractivity contribution in [1.29, 1.82) is 0 Å². The third-order valence-electron chi connectivity index (χ3n) is 6.17. The van der Waals surface area contributed by atoms with Crippen molar-refractivity contribution in [2.45, 2.75) is 44.8 Å². The van der Waals surface area contributed by atoms with Gasteiger partial charge in [-0.2, -0.15) is 0 Å². The molecule has 162 valence electrons. The number of unbranched alkanes of at least 4 members (excludes halogenated alkanes) is 2. The standard InChI is InChI=1S/C28H34O2P/c1-5-15-25(16-6-1)31(26-17-7-2-8-18-26,27-19-9-3-10-20-27)24-14-4-12-22-29-28-21-11-13-23-30-28/h1-3,5-10,15-20,28H,4,11-14,21-24H2/q+1. The van der Waals surface area contributed by atoms with Crippen LogP contribution in [0.25, 0.3) is 0 Å². The van der Waals surface area contributed by atoms with Crippen LogP contribution >= 0.6 is 7.26 Å². The van der Waals surface area contributed by atoms with E-state index in [1.54, 1.807) is 0 Å². The molecule has 0 aliphatic carbocycles. The zero-order chi connectivity index (χ0) is 21.2. The van der Waals surface area contributed by atoms with Gasteiger partial charge in [-0.15, -0.1) is 0 Å². The Labute approximate surface area is 188 Å². The fourth-order valence-electron chi connectivity index (χ4n) is 4.57. The van der Waals surface area contributed by atoms with Crippen LogP contribution in [0, 0.1) is 0 Å². The molecule has 1 saturated heterocycles. The Balaban J connectivity index is 1.50. The predicted octanol–water partition coefficient (Wildman–Crippen LogP) is 5.69. The lowest BCUT2D eigenvalue weighted by Crippen LogP contribution is -2.33. The summed E-state index contributed by atoms with van der Waals surface area (Å²) in [6.07, 6.45) is 8.13. The Hall–Kier alpha value is -1.99. The van der Waals surface area contributed by atoms with Crippen molar-refractivity contribution in [3.63, 3.8) is 0 Å². The van der Waals surface area contributed by atoms with Gasteiger partial charge in [-0.25, -0.2) is 0 Å². The van der Waals surface area contributed by atoms with E-state index in [1.165, 1.54) is 47.8 Å². The van der Waals surface area contributed by atoms with Crippen LogP contribution in [0.5, 0.6) is 0 Å². The number of hydrogen-bond donors (Lipinski definition) is 0. The van der Waals surface area contributed by atoms with E-state index in [0.29, 0.717) is 0 Å². The molecule has 3 heteroatoms. The number of ether oxygens (including phenoxy) is 2. The van der Waals surface area contributed by atoms with Gasteiger partial charge in [0.25, 0.3) is 0 Å². The highest BCUT2D eigenvalue weighted by Gasteiger charge is 2.44. The topological polar surface area (TPSA) is 18.5 Å². The van der Waals surface area contributed by atoms with Gasteiger partial charge in [0.15, 0.2) is 6.29 Å². The van der Waals surface area contributed by atoms with Gasteiger partial charge in [-0.1, -0.05) is 54.6 Å². The first-order valence-corrected chi connectivity index (χ1v) is 13.7. The zero-order valence-corrected chi connectivity index (χ0v) is 19.3. The number of benzene rings is 3. The van der Waals surface area contributed by atoms with Crippen LogP contribution in [-0.4, -0.2) is 25.7 Å². The van der Waals surface area contributed by atoms with Gasteiger partial charge < -0.3 is 9.47 Å². The largest absolute Gasteiger partial charge is 0.353 e. The highest BCUT2D eigenvalue weighted by atomic mass is 31.2. The van der Waals surface area contributed by atoms with Gasteiger partial charge in [-0.05, 0) is 74.9 Å². The maximum Gasteiger partial charge on any atom is 0.157 e. The predicted molar refractivity (Wildman–Crippen MR) is 133 cm³/mol. The molecule has 0 radical (unpaired) electrons. The second kappa shape index (κ2) is 11.6. The molecule has 31 heavy (non-hydrogen) atoms. The molecule has 0 amide bonds. The average Bonchev–Trinajstić information content (AvgIpc) is 2.86. The minimum Gasteiger partial charge on any atom is -0.353 e. The lowest BCUT2D eigenvalue weighted by Gasteiger charge is -2.28. The van der Waals surface area contributed by atoms with Crippen LogP contribution in [0.4, 0.5) is 0 Å². The van der Waals surface area contributed by atoms with Crippen molar-refractivity contribution >= 4 is 23.2 Å². The molecule has 0 N–H and O–H groups in total. The van der Waals surface area contributed by atoms with Crippen molar-refractivity contribution in [3.05, 3.63) is 91.0 Å². The van der Waals surface area contributed by atoms with Crippen LogP contribution in [0.2, 0.25) is 0 Å². The van der Waals surface area contributed by atoms with Crippen LogP contribution in [0.1, 0.15) is 38.5 Å². The Bertz CT molecular complexity index is 780. The number of rotatable bonds is 10. The van der Waals surface area contributed by atoms with E-state index in [-0.39, 0.29) is 6.29 Å². The molecule has 2 nitrogen and oxygen atoms in total. The van der Waals surface area contributed by atoms with E-state index >= 15 is 0 Å². The second-order valence-electron chi connectivity index (χ2n) is 8.27. The summed E-state index contributed by atoms with van der Waals surface area (Å²) < 4.78 is 11.7. The van der Waals surface area contributed by atoms with E-state index in [0.717, 1.165) is 26.1 Å². The summed E-state index contributed by atoms with van der Waals surface area (Å²) in [5.41, 5.74) is 0. The molecule has 1 aliphatic rings. The first-order valence-electron chi connectivity index (χ1n) is 11.7. The van der Waals surface area contributed by atoms with Crippen LogP contribution in [0.3, 0.4) is 0 Å². The van der Waals surface area contributed by atoms with Crippen molar-refractivity contribution in [2.24, 2.45) is 0 Å². The molecule has 0 spiro atoms. The summed E-state index contributed by atoms with van der Waals surface area (Å²) in [5.74, 6) is 0. The monoisotopic (exact) mass is 433 g/mol. The van der Waals surface area contributed by atoms with Gasteiger partial charge in [0.05, 0.1) is 6.16 Å². The molecule has 3 aromatic rings. The average molecular weight is 434 g/mol. The molecule has 1 atom stereocenters. The maximum atomic E-state index is 5.96. The lowest BCUT2D eigenvalue weighted by atomic mass is 10.2. The minimum absolute atomic E-state index is 0.0262. The van der Waals surface area contributed by atoms with Crippen LogP contribution in [-0.2, 0) is 9.47 Å². The van der Waals surface area contributed by atoms with Crippen LogP contribution < -0.4 is 15.9 Å². The molecule has 1 aliphatic heterocycles. The first-order chi connectivity index (χ1) is 15.4. The third-order valence-corrected chi connectivity index (χ3v) is 10.7. The van der Waals surface area contributed by atoms with Gasteiger partial charge in [0.2, 0.25) is 0 Å². The molecular formula is C28H34O2P+. The van der Waals surface area contributed by atoms with Crippen molar-refractivity contribution in [3.8, 4) is 0 Å². The van der Waals surface area contributed by atoms with E-state index < -0.39 is 7.26 Å². The molecular weight excluding hydrogens is 399 g/mol. The summed E-state index contributed by atoms with van der Waals surface area (Å²) >= 11 is 0. The Morgan fingerprint density at radius 3 is 1.71 bits per heavy atom. The molecule has 0 bridgehead atoms. The first kappa shape index (κ1) is 22.2. The van der Waals surface area contributed by atoms with Crippen molar-refractivity contribution in [2.75, 3.05) is 19.4 Å². The highest BCUT2D eigenvalue weighted by Crippen LogP contribution is 2.55. The second-order valence-corrected chi connectivity index (χ2v) is 11.9. The number of hydrogen-bond acceptors (Lipinski definition) is 2. The molecule has 1 heterocycles. The fourth-order valence-corrected chi connectivity index (χ4v) is 8.98. The quantitative estimate of drug-likeness (QED) is 0.302. The summed E-state index contributed by atoms with van der Waals surface area (Å²) in [7, 11) is -1.69. The van der Waals surface area contributed by atoms with E-state index in [1.807, 2.05) is 0 Å². The van der Waals surface area contributed by atoms with E-state index in [4.69, 9.17) is 9.47 Å². The van der Waals surface area contributed by atoms with Gasteiger partial charge >= 0.3 is 0 Å². The molecule has 3 aromatic carbocycles. The Morgan fingerprint density at radius 2 is 1.23 bits per heavy atom. The Morgan fingerprint density at radius 1 is 0.677 bits per heavy atom. The maximum absolute atomic E-state index is 5.96. The van der Waals surface area contributed by atoms with Crippen molar-refractivity contribution < 1.29 is 9.47 Å². The lowest BCUT2D eigenvalue weighted by molar-refractivity contribution is -0.162. The third kappa shape index (κ3) is 5.63. The Kier molecular flexibility index (Phi) is 8.30. The smallest absolute Gasteiger partial charge is 0.157 e. The molecule has 1 unspecified atom stereocenters. The van der Waals surface area contributed by atoms with Crippen molar-refractivity contribution in [1.82, 2.24) is 0 Å². The van der Waals surface area contributed by atoms with Crippen LogP contribution in [0.15, 0.2) is 91.0 Å². The van der Waals surface area contributed by atoms with E-state index in [2.05, 4.69) is 91.0 Å². The highest BCUT2D eigenvalue weighted by molar-refractivity contribution is 7.95. The summed E-state index contributed by atoms with van der Waals surface area (Å²) in [6.45, 7) is 1.65. The normalized spacial score (nSPS) is 16.8. The fraction of sp³-hybridized carbons (Fsp3) is 0.357. The molecule has 0 aromatic heterocycles. The van der Waals surface area contributed by atoms with E-state index in [9.17, 15) is 0 Å². The summed E-state index contributed by atoms with van der Waals surface area (Å²) in [5, 5.41) is 4.41. The van der Waals surface area contributed by atoms with Gasteiger partial charge in [-0.3, -0.25) is 0 Å². The molecule has 4 rings (SSSR count). The summed E-state index contributed by atoms with van der Waals surface area (Å²) in [4.78, 5) is 0. The molecule has 1 fully saturated rings. The van der Waals surface area contributed by atoms with Gasteiger partial charge in [0, 0.05) is 13.2 Å². The molecule has 0 saturated carbocycles. The minimum atomic E-state index is -1.69. The summed E-state index contributed by atoms with van der Waals surface area (Å²) in [6, 6.07) is 33.5. The SMILES string of the molecule is c1ccc([P+](CCCCCOC2CCCCO2)(c2ccccc2)c2ccccc2)cc1. The van der Waals surface area contributed by atoms with Gasteiger partial charge in [0.1, 0.15) is 23.2 Å². The zero-order valence-electron chi connectivity index (χ0n) is 18.4.